The van der Waals surface area contributed by atoms with Crippen molar-refractivity contribution in [2.24, 2.45) is 23.7 Å². The maximum absolute atomic E-state index is 9.30. The maximum atomic E-state index is 9.30. The van der Waals surface area contributed by atoms with Gasteiger partial charge in [-0.15, -0.1) is 0 Å². The van der Waals surface area contributed by atoms with E-state index in [1.165, 1.54) is 11.5 Å². The van der Waals surface area contributed by atoms with Crippen LogP contribution < -0.4 is 0 Å². The number of nitrogens with zero attached hydrogens (tertiary/aromatic N) is 1. The molecule has 0 aromatic carbocycles. The van der Waals surface area contributed by atoms with Crippen LogP contribution in [0.3, 0.4) is 0 Å². The summed E-state index contributed by atoms with van der Waals surface area (Å²) in [5.41, 5.74) is 0. The topological polar surface area (TPSA) is 23.5 Å². The molecule has 3 rings (SSSR count). The minimum Gasteiger partial charge on any atom is -0.314 e. The van der Waals surface area contributed by atoms with Gasteiger partial charge in [-0.05, 0) is 30.1 Å². The largest absolute Gasteiger partial charge is 0.314 e. The molecular formula is C9H13NO. The average Bonchev–Trinajstić information content (AvgIpc) is 2.53. The molecule has 2 fully saturated rings. The lowest BCUT2D eigenvalue weighted by atomic mass is 9.86. The molecule has 0 radical (unpaired) electrons. The summed E-state index contributed by atoms with van der Waals surface area (Å²) in [5, 5.41) is 10.8. The molecule has 11 heavy (non-hydrogen) atoms. The molecule has 60 valence electrons. The first-order valence-electron chi connectivity index (χ1n) is 4.47. The van der Waals surface area contributed by atoms with Crippen LogP contribution in [-0.4, -0.2) is 23.4 Å². The number of fused-ring (bicyclic) bond motifs is 5. The number of hydrogen-bond donors (Lipinski definition) is 1. The third-order valence-electron chi connectivity index (χ3n) is 3.64. The first-order valence-corrected chi connectivity index (χ1v) is 4.47. The quantitative estimate of drug-likeness (QED) is 0.525. The molecule has 1 saturated carbocycles. The van der Waals surface area contributed by atoms with Gasteiger partial charge in [-0.2, -0.15) is 5.06 Å². The second kappa shape index (κ2) is 1.87. The van der Waals surface area contributed by atoms with Crippen molar-refractivity contribution in [2.45, 2.75) is 6.42 Å². The van der Waals surface area contributed by atoms with Crippen molar-refractivity contribution < 1.29 is 5.21 Å². The Kier molecular flexibility index (Phi) is 1.06. The Morgan fingerprint density at radius 3 is 2.18 bits per heavy atom. The summed E-state index contributed by atoms with van der Waals surface area (Å²) in [7, 11) is 0. The van der Waals surface area contributed by atoms with E-state index in [0.29, 0.717) is 0 Å². The molecule has 0 spiro atoms. The van der Waals surface area contributed by atoms with Crippen LogP contribution in [0, 0.1) is 23.7 Å². The Morgan fingerprint density at radius 2 is 1.64 bits per heavy atom. The lowest BCUT2D eigenvalue weighted by Crippen LogP contribution is -2.17. The predicted octanol–water partition coefficient (Wildman–Crippen LogP) is 1.13. The summed E-state index contributed by atoms with van der Waals surface area (Å²) < 4.78 is 0. The van der Waals surface area contributed by atoms with Gasteiger partial charge in [0.15, 0.2) is 0 Å². The van der Waals surface area contributed by atoms with Gasteiger partial charge in [0.25, 0.3) is 0 Å². The van der Waals surface area contributed by atoms with E-state index in [2.05, 4.69) is 12.2 Å². The molecule has 3 aliphatic rings. The zero-order chi connectivity index (χ0) is 7.42. The van der Waals surface area contributed by atoms with Gasteiger partial charge in [-0.25, -0.2) is 0 Å². The third-order valence-corrected chi connectivity index (χ3v) is 3.64. The van der Waals surface area contributed by atoms with Gasteiger partial charge >= 0.3 is 0 Å². The van der Waals surface area contributed by atoms with Crippen LogP contribution in [-0.2, 0) is 0 Å². The standard InChI is InChI=1S/C9H13NO/c11-10-4-8-6-1-2-7(3-6)9(8)5-10/h1-2,6-9,11H,3-5H2. The fraction of sp³-hybridized carbons (Fsp3) is 0.778. The van der Waals surface area contributed by atoms with Gasteiger partial charge in [-0.1, -0.05) is 12.2 Å². The Hall–Kier alpha value is -0.340. The number of allylic oxidation sites excluding steroid dienone is 2. The molecule has 2 bridgehead atoms. The van der Waals surface area contributed by atoms with Crippen molar-refractivity contribution in [1.29, 1.82) is 0 Å². The summed E-state index contributed by atoms with van der Waals surface area (Å²) in [4.78, 5) is 0. The fourth-order valence-electron chi connectivity index (χ4n) is 3.13. The highest BCUT2D eigenvalue weighted by Gasteiger charge is 2.48. The highest BCUT2D eigenvalue weighted by molar-refractivity contribution is 5.15. The van der Waals surface area contributed by atoms with E-state index >= 15 is 0 Å². The van der Waals surface area contributed by atoms with Crippen LogP contribution in [0.1, 0.15) is 6.42 Å². The Labute approximate surface area is 66.5 Å². The predicted molar refractivity (Wildman–Crippen MR) is 41.1 cm³/mol. The Bertz CT molecular complexity index is 194. The van der Waals surface area contributed by atoms with Gasteiger partial charge in [0, 0.05) is 13.1 Å². The first kappa shape index (κ1) is 6.21. The van der Waals surface area contributed by atoms with Gasteiger partial charge in [0.05, 0.1) is 0 Å². The second-order valence-corrected chi connectivity index (χ2v) is 4.15. The lowest BCUT2D eigenvalue weighted by molar-refractivity contribution is -0.0767. The van der Waals surface area contributed by atoms with Gasteiger partial charge < -0.3 is 5.21 Å². The summed E-state index contributed by atoms with van der Waals surface area (Å²) in [6.07, 6.45) is 6.07. The van der Waals surface area contributed by atoms with Crippen molar-refractivity contribution in [3.8, 4) is 0 Å². The number of hydrogen-bond acceptors (Lipinski definition) is 2. The molecule has 1 N–H and O–H groups in total. The van der Waals surface area contributed by atoms with Crippen molar-refractivity contribution in [3.05, 3.63) is 12.2 Å². The van der Waals surface area contributed by atoms with Crippen molar-refractivity contribution in [1.82, 2.24) is 5.06 Å². The fourth-order valence-corrected chi connectivity index (χ4v) is 3.13. The molecule has 0 aromatic rings. The van der Waals surface area contributed by atoms with E-state index in [0.717, 1.165) is 36.8 Å². The van der Waals surface area contributed by atoms with E-state index in [4.69, 9.17) is 0 Å². The highest BCUT2D eigenvalue weighted by atomic mass is 16.5. The monoisotopic (exact) mass is 151 g/mol. The minimum atomic E-state index is 0.773. The van der Waals surface area contributed by atoms with Crippen LogP contribution in [0.5, 0.6) is 0 Å². The van der Waals surface area contributed by atoms with Crippen molar-refractivity contribution in [2.75, 3.05) is 13.1 Å². The summed E-state index contributed by atoms with van der Waals surface area (Å²) >= 11 is 0. The van der Waals surface area contributed by atoms with Crippen LogP contribution >= 0.6 is 0 Å². The van der Waals surface area contributed by atoms with Crippen molar-refractivity contribution >= 4 is 0 Å². The zero-order valence-corrected chi connectivity index (χ0v) is 6.48. The average molecular weight is 151 g/mol. The molecule has 1 heterocycles. The molecular weight excluding hydrogens is 138 g/mol. The van der Waals surface area contributed by atoms with E-state index in [9.17, 15) is 5.21 Å². The van der Waals surface area contributed by atoms with Gasteiger partial charge in [-0.3, -0.25) is 0 Å². The third kappa shape index (κ3) is 0.690. The second-order valence-electron chi connectivity index (χ2n) is 4.15. The molecule has 4 atom stereocenters. The molecule has 4 unspecified atom stereocenters. The summed E-state index contributed by atoms with van der Waals surface area (Å²) in [6, 6.07) is 0. The molecule has 0 aromatic heterocycles. The van der Waals surface area contributed by atoms with E-state index < -0.39 is 0 Å². The summed E-state index contributed by atoms with van der Waals surface area (Å²) in [6.45, 7) is 1.83. The Balaban J connectivity index is 1.92. The van der Waals surface area contributed by atoms with Gasteiger partial charge in [0.1, 0.15) is 0 Å². The van der Waals surface area contributed by atoms with Crippen LogP contribution in [0.15, 0.2) is 12.2 Å². The number of hydroxylamine groups is 2. The van der Waals surface area contributed by atoms with Gasteiger partial charge in [0.2, 0.25) is 0 Å². The normalized spacial score (nSPS) is 53.9. The molecule has 1 saturated heterocycles. The maximum Gasteiger partial charge on any atom is 0.0275 e. The first-order chi connectivity index (χ1) is 5.34. The smallest absolute Gasteiger partial charge is 0.0275 e. The van der Waals surface area contributed by atoms with Crippen LogP contribution in [0.4, 0.5) is 0 Å². The summed E-state index contributed by atoms with van der Waals surface area (Å²) in [5.74, 6) is 3.13. The Morgan fingerprint density at radius 1 is 1.09 bits per heavy atom. The van der Waals surface area contributed by atoms with Crippen LogP contribution in [0.25, 0.3) is 0 Å². The molecule has 2 heteroatoms. The highest BCUT2D eigenvalue weighted by Crippen LogP contribution is 2.50. The van der Waals surface area contributed by atoms with E-state index in [-0.39, 0.29) is 0 Å². The van der Waals surface area contributed by atoms with Crippen LogP contribution in [0.2, 0.25) is 0 Å². The minimum absolute atomic E-state index is 0.773. The molecule has 2 nitrogen and oxygen atoms in total. The SMILES string of the molecule is ON1CC2C3C=CC(C3)C2C1. The van der Waals surface area contributed by atoms with E-state index in [1.54, 1.807) is 0 Å². The zero-order valence-electron chi connectivity index (χ0n) is 6.48. The lowest BCUT2D eigenvalue weighted by Gasteiger charge is -2.17. The van der Waals surface area contributed by atoms with E-state index in [1.807, 2.05) is 0 Å². The number of rotatable bonds is 0. The molecule has 0 amide bonds. The molecule has 2 aliphatic carbocycles. The molecule has 1 aliphatic heterocycles. The van der Waals surface area contributed by atoms with Crippen molar-refractivity contribution in [3.63, 3.8) is 0 Å².